The molecular formula is C34H28N2O6S2. The highest BCUT2D eigenvalue weighted by atomic mass is 33.1. The zero-order valence-corrected chi connectivity index (χ0v) is 25.2. The van der Waals surface area contributed by atoms with Crippen molar-refractivity contribution in [2.75, 3.05) is 0 Å². The lowest BCUT2D eigenvalue weighted by atomic mass is 9.95. The van der Waals surface area contributed by atoms with E-state index in [0.717, 1.165) is 22.3 Å². The number of rotatable bonds is 6. The molecule has 2 amide bonds. The molecule has 5 saturated heterocycles. The van der Waals surface area contributed by atoms with Crippen LogP contribution in [-0.4, -0.2) is 67.6 Å². The highest BCUT2D eigenvalue weighted by Crippen LogP contribution is 2.69. The first-order valence-electron chi connectivity index (χ1n) is 14.7. The number of ether oxygens (including phenoxy) is 2. The minimum Gasteiger partial charge on any atom is -0.455 e. The number of amides is 2. The van der Waals surface area contributed by atoms with Crippen LogP contribution in [0, 0.1) is 0 Å². The largest absolute Gasteiger partial charge is 0.455 e. The van der Waals surface area contributed by atoms with Gasteiger partial charge in [-0.3, -0.25) is 19.2 Å². The fourth-order valence-corrected chi connectivity index (χ4v) is 11.0. The number of piperazine rings is 1. The van der Waals surface area contributed by atoms with E-state index in [4.69, 9.17) is 9.47 Å². The van der Waals surface area contributed by atoms with Crippen molar-refractivity contribution in [2.24, 2.45) is 0 Å². The number of hydrogen-bond acceptors (Lipinski definition) is 8. The Bertz CT molecular complexity index is 1580. The molecule has 0 N–H and O–H groups in total. The molecule has 2 aliphatic carbocycles. The predicted octanol–water partition coefficient (Wildman–Crippen LogP) is 4.29. The number of fused-ring (bicyclic) bond motifs is 3. The molecule has 9 rings (SSSR count). The summed E-state index contributed by atoms with van der Waals surface area (Å²) >= 11 is 0. The van der Waals surface area contributed by atoms with E-state index in [1.54, 1.807) is 22.0 Å². The van der Waals surface area contributed by atoms with Gasteiger partial charge in [-0.2, -0.15) is 0 Å². The summed E-state index contributed by atoms with van der Waals surface area (Å²) in [6.07, 6.45) is 10.7. The van der Waals surface area contributed by atoms with Gasteiger partial charge in [-0.1, -0.05) is 107 Å². The summed E-state index contributed by atoms with van der Waals surface area (Å²) in [6.45, 7) is 0. The third-order valence-electron chi connectivity index (χ3n) is 9.17. The van der Waals surface area contributed by atoms with E-state index in [1.165, 1.54) is 21.6 Å². The van der Waals surface area contributed by atoms with Gasteiger partial charge in [0.2, 0.25) is 0 Å². The van der Waals surface area contributed by atoms with E-state index in [-0.39, 0.29) is 36.6 Å². The maximum Gasteiger partial charge on any atom is 0.310 e. The normalized spacial score (nSPS) is 32.4. The fraction of sp³-hybridized carbons (Fsp3) is 0.294. The minimum absolute atomic E-state index is 0.116. The van der Waals surface area contributed by atoms with Gasteiger partial charge in [0.1, 0.15) is 12.2 Å². The number of carbonyl (C=O) groups excluding carboxylic acids is 4. The van der Waals surface area contributed by atoms with Gasteiger partial charge in [-0.15, -0.1) is 0 Å². The molecule has 5 heterocycles. The van der Waals surface area contributed by atoms with E-state index in [1.807, 2.05) is 85.0 Å². The maximum absolute atomic E-state index is 14.7. The number of benzene rings is 2. The van der Waals surface area contributed by atoms with Gasteiger partial charge in [0.15, 0.2) is 9.74 Å². The SMILES string of the molecule is O=C(Cc1ccccc1)O[C@H]1C=CC=C2C[C@@]34SS[C@]5(CC6=CC=C[C@H](OC(=O)Cc7ccccc7)[C@H]6N5C3=O)C(=O)N4[C@@H]21. The molecule has 5 aliphatic heterocycles. The van der Waals surface area contributed by atoms with Gasteiger partial charge in [0.25, 0.3) is 11.8 Å². The average molecular weight is 625 g/mol. The lowest BCUT2D eigenvalue weighted by Gasteiger charge is -2.58. The highest BCUT2D eigenvalue weighted by molar-refractivity contribution is 8.78. The number of carbonyl (C=O) groups is 4. The van der Waals surface area contributed by atoms with Crippen LogP contribution in [0.15, 0.2) is 108 Å². The van der Waals surface area contributed by atoms with E-state index in [0.29, 0.717) is 12.8 Å². The van der Waals surface area contributed by atoms with E-state index in [9.17, 15) is 19.2 Å². The number of allylic oxidation sites excluding steroid dienone is 4. The number of nitrogens with zero attached hydrogens (tertiary/aromatic N) is 2. The third kappa shape index (κ3) is 4.07. The molecule has 6 atom stereocenters. The van der Waals surface area contributed by atoms with Crippen molar-refractivity contribution >= 4 is 45.3 Å². The van der Waals surface area contributed by atoms with Crippen molar-refractivity contribution in [2.45, 2.75) is 59.7 Å². The monoisotopic (exact) mass is 624 g/mol. The summed E-state index contributed by atoms with van der Waals surface area (Å²) in [5, 5.41) is 0. The van der Waals surface area contributed by atoms with Crippen LogP contribution in [0.5, 0.6) is 0 Å². The van der Waals surface area contributed by atoms with Crippen molar-refractivity contribution in [1.29, 1.82) is 0 Å². The van der Waals surface area contributed by atoms with Crippen molar-refractivity contribution < 1.29 is 28.7 Å². The molecule has 8 nitrogen and oxygen atoms in total. The molecule has 5 fully saturated rings. The Morgan fingerprint density at radius 1 is 0.682 bits per heavy atom. The number of esters is 2. The molecule has 2 spiro atoms. The van der Waals surface area contributed by atoms with Crippen LogP contribution in [0.3, 0.4) is 0 Å². The maximum atomic E-state index is 14.7. The van der Waals surface area contributed by atoms with Crippen molar-refractivity contribution in [3.8, 4) is 0 Å². The van der Waals surface area contributed by atoms with Gasteiger partial charge < -0.3 is 19.3 Å². The first-order valence-corrected chi connectivity index (χ1v) is 16.8. The van der Waals surface area contributed by atoms with Crippen LogP contribution in [-0.2, 0) is 41.5 Å². The minimum atomic E-state index is -1.18. The Kier molecular flexibility index (Phi) is 6.43. The van der Waals surface area contributed by atoms with Crippen molar-refractivity contribution in [3.05, 3.63) is 119 Å². The lowest BCUT2D eigenvalue weighted by Crippen LogP contribution is -2.77. The fourth-order valence-electron chi connectivity index (χ4n) is 7.31. The Morgan fingerprint density at radius 3 is 1.50 bits per heavy atom. The second-order valence-electron chi connectivity index (χ2n) is 11.8. The summed E-state index contributed by atoms with van der Waals surface area (Å²) in [5.41, 5.74) is 3.47. The van der Waals surface area contributed by atoms with Crippen LogP contribution in [0.4, 0.5) is 0 Å². The lowest BCUT2D eigenvalue weighted by molar-refractivity contribution is -0.172. The van der Waals surface area contributed by atoms with Gasteiger partial charge >= 0.3 is 11.9 Å². The van der Waals surface area contributed by atoms with Crippen LogP contribution in [0.1, 0.15) is 24.0 Å². The summed E-state index contributed by atoms with van der Waals surface area (Å²) < 4.78 is 12.0. The van der Waals surface area contributed by atoms with Gasteiger partial charge in [0, 0.05) is 12.8 Å². The topological polar surface area (TPSA) is 93.2 Å². The van der Waals surface area contributed by atoms with Crippen LogP contribution in [0.25, 0.3) is 0 Å². The molecule has 0 unspecified atom stereocenters. The first-order chi connectivity index (χ1) is 21.4. The van der Waals surface area contributed by atoms with Crippen molar-refractivity contribution in [3.63, 3.8) is 0 Å². The van der Waals surface area contributed by atoms with Crippen LogP contribution < -0.4 is 0 Å². The molecule has 0 saturated carbocycles. The zero-order chi connectivity index (χ0) is 30.1. The second kappa shape index (κ2) is 10.3. The molecular weight excluding hydrogens is 597 g/mol. The molecule has 10 heteroatoms. The summed E-state index contributed by atoms with van der Waals surface area (Å²) in [5.74, 6) is -1.12. The molecule has 2 aromatic rings. The summed E-state index contributed by atoms with van der Waals surface area (Å²) in [6, 6.07) is 17.6. The van der Waals surface area contributed by atoms with Crippen molar-refractivity contribution in [1.82, 2.24) is 9.80 Å². The first kappa shape index (κ1) is 27.5. The van der Waals surface area contributed by atoms with Gasteiger partial charge in [-0.05, 0) is 34.4 Å². The molecule has 44 heavy (non-hydrogen) atoms. The Morgan fingerprint density at radius 2 is 1.09 bits per heavy atom. The summed E-state index contributed by atoms with van der Waals surface area (Å²) in [7, 11) is 2.86. The average Bonchev–Trinajstić information content (AvgIpc) is 3.56. The highest BCUT2D eigenvalue weighted by Gasteiger charge is 2.77. The quantitative estimate of drug-likeness (QED) is 0.347. The third-order valence-corrected chi connectivity index (χ3v) is 12.7. The number of hydrogen-bond donors (Lipinski definition) is 0. The standard InChI is InChI=1S/C34H28N2O6S2/c37-27(17-21-9-3-1-4-10-21)41-25-15-7-13-23-19-33-32(40)36-30-24(20-34(36,44-43-33)31(39)35(33)29(23)25)14-8-16-26(30)42-28(38)18-22-11-5-2-6-12-22/h1-16,25-26,29-30H,17-20H2/t25-,26-,29-,30-,33+,34+/m0/s1. The van der Waals surface area contributed by atoms with E-state index in [2.05, 4.69) is 0 Å². The Hall–Kier alpha value is -4.02. The molecule has 2 aromatic carbocycles. The zero-order valence-electron chi connectivity index (χ0n) is 23.5. The van der Waals surface area contributed by atoms with Gasteiger partial charge in [-0.25, -0.2) is 0 Å². The molecule has 2 bridgehead atoms. The Labute approximate surface area is 262 Å². The second-order valence-corrected chi connectivity index (χ2v) is 14.5. The van der Waals surface area contributed by atoms with E-state index < -0.39 is 34.0 Å². The summed E-state index contributed by atoms with van der Waals surface area (Å²) in [4.78, 5) is 56.4. The molecule has 7 aliphatic rings. The van der Waals surface area contributed by atoms with Crippen LogP contribution in [0.2, 0.25) is 0 Å². The van der Waals surface area contributed by atoms with E-state index >= 15 is 0 Å². The molecule has 222 valence electrons. The Balaban J connectivity index is 1.07. The van der Waals surface area contributed by atoms with Gasteiger partial charge in [0.05, 0.1) is 24.9 Å². The predicted molar refractivity (Wildman–Crippen MR) is 166 cm³/mol. The molecule has 0 radical (unpaired) electrons. The smallest absolute Gasteiger partial charge is 0.310 e. The van der Waals surface area contributed by atoms with Crippen LogP contribution >= 0.6 is 21.6 Å². The molecule has 0 aromatic heterocycles.